The van der Waals surface area contributed by atoms with E-state index in [0.717, 1.165) is 5.92 Å². The van der Waals surface area contributed by atoms with E-state index in [2.05, 4.69) is 44.0 Å². The number of benzene rings is 1. The molecule has 1 heterocycles. The molecule has 13 heavy (non-hydrogen) atoms. The zero-order valence-corrected chi connectivity index (χ0v) is 8.67. The number of nitrogens with zero attached hydrogens (tertiary/aromatic N) is 1. The second kappa shape index (κ2) is 3.06. The monoisotopic (exact) mass is 175 g/mol. The van der Waals surface area contributed by atoms with Crippen molar-refractivity contribution >= 4 is 5.69 Å². The van der Waals surface area contributed by atoms with Crippen LogP contribution in [0.3, 0.4) is 0 Å². The van der Waals surface area contributed by atoms with Crippen molar-refractivity contribution in [1.82, 2.24) is 0 Å². The van der Waals surface area contributed by atoms with Gasteiger partial charge in [0.05, 0.1) is 0 Å². The molecule has 0 bridgehead atoms. The van der Waals surface area contributed by atoms with E-state index < -0.39 is 0 Å². The molecule has 1 heteroatoms. The molecule has 1 unspecified atom stereocenters. The Morgan fingerprint density at radius 2 is 2.15 bits per heavy atom. The van der Waals surface area contributed by atoms with Crippen LogP contribution < -0.4 is 4.90 Å². The lowest BCUT2D eigenvalue weighted by molar-refractivity contribution is 0.551. The van der Waals surface area contributed by atoms with Crippen LogP contribution in [0.5, 0.6) is 0 Å². The van der Waals surface area contributed by atoms with Crippen molar-refractivity contribution in [3.05, 3.63) is 29.3 Å². The SMILES string of the molecule is Cc1ccc2c(c1)CC(C)CN2C. The predicted molar refractivity (Wildman–Crippen MR) is 57.3 cm³/mol. The Hall–Kier alpha value is -0.980. The van der Waals surface area contributed by atoms with Crippen LogP contribution in [-0.2, 0) is 6.42 Å². The van der Waals surface area contributed by atoms with Crippen LogP contribution in [0.15, 0.2) is 18.2 Å². The Labute approximate surface area is 80.4 Å². The summed E-state index contributed by atoms with van der Waals surface area (Å²) >= 11 is 0. The van der Waals surface area contributed by atoms with Crippen LogP contribution in [0, 0.1) is 12.8 Å². The quantitative estimate of drug-likeness (QED) is 0.586. The molecule has 1 aromatic carbocycles. The molecule has 1 aromatic rings. The molecule has 1 nitrogen and oxygen atoms in total. The minimum absolute atomic E-state index is 0.791. The van der Waals surface area contributed by atoms with Gasteiger partial charge < -0.3 is 4.90 Å². The Morgan fingerprint density at radius 1 is 1.38 bits per heavy atom. The third-order valence-corrected chi connectivity index (χ3v) is 2.80. The van der Waals surface area contributed by atoms with Crippen molar-refractivity contribution in [2.75, 3.05) is 18.5 Å². The maximum absolute atomic E-state index is 2.36. The molecule has 0 radical (unpaired) electrons. The van der Waals surface area contributed by atoms with Gasteiger partial charge in [-0.05, 0) is 30.9 Å². The molecule has 2 rings (SSSR count). The van der Waals surface area contributed by atoms with Crippen LogP contribution in [0.1, 0.15) is 18.1 Å². The van der Waals surface area contributed by atoms with Crippen molar-refractivity contribution in [3.63, 3.8) is 0 Å². The van der Waals surface area contributed by atoms with Crippen LogP contribution >= 0.6 is 0 Å². The number of fused-ring (bicyclic) bond motifs is 1. The van der Waals surface area contributed by atoms with Gasteiger partial charge in [0.25, 0.3) is 0 Å². The number of rotatable bonds is 0. The predicted octanol–water partition coefficient (Wildman–Crippen LogP) is 2.62. The molecular formula is C12H17N. The Kier molecular flexibility index (Phi) is 2.03. The van der Waals surface area contributed by atoms with E-state index in [1.165, 1.54) is 29.8 Å². The normalized spacial score (nSPS) is 21.5. The summed E-state index contributed by atoms with van der Waals surface area (Å²) in [6.45, 7) is 5.68. The van der Waals surface area contributed by atoms with E-state index in [-0.39, 0.29) is 0 Å². The van der Waals surface area contributed by atoms with E-state index in [0.29, 0.717) is 0 Å². The van der Waals surface area contributed by atoms with Crippen molar-refractivity contribution in [1.29, 1.82) is 0 Å². The van der Waals surface area contributed by atoms with E-state index >= 15 is 0 Å². The first kappa shape index (κ1) is 8.61. The average Bonchev–Trinajstić information content (AvgIpc) is 2.02. The van der Waals surface area contributed by atoms with Gasteiger partial charge in [-0.25, -0.2) is 0 Å². The van der Waals surface area contributed by atoms with E-state index in [1.807, 2.05) is 0 Å². The van der Waals surface area contributed by atoms with Gasteiger partial charge in [0.2, 0.25) is 0 Å². The van der Waals surface area contributed by atoms with E-state index in [4.69, 9.17) is 0 Å². The fourth-order valence-corrected chi connectivity index (χ4v) is 2.26. The van der Waals surface area contributed by atoms with Crippen LogP contribution in [-0.4, -0.2) is 13.6 Å². The lowest BCUT2D eigenvalue weighted by atomic mass is 9.93. The van der Waals surface area contributed by atoms with Crippen LogP contribution in [0.25, 0.3) is 0 Å². The molecular weight excluding hydrogens is 158 g/mol. The van der Waals surface area contributed by atoms with Gasteiger partial charge in [-0.1, -0.05) is 24.6 Å². The molecule has 0 fully saturated rings. The Bertz CT molecular complexity index is 317. The topological polar surface area (TPSA) is 3.24 Å². The lowest BCUT2D eigenvalue weighted by Crippen LogP contribution is -2.30. The van der Waals surface area contributed by atoms with E-state index in [1.54, 1.807) is 0 Å². The minimum atomic E-state index is 0.791. The standard InChI is InChI=1S/C12H17N/c1-9-4-5-12-11(6-9)7-10(2)8-13(12)3/h4-6,10H,7-8H2,1-3H3. The van der Waals surface area contributed by atoms with Crippen molar-refractivity contribution in [2.45, 2.75) is 20.3 Å². The van der Waals surface area contributed by atoms with Gasteiger partial charge in [-0.2, -0.15) is 0 Å². The highest BCUT2D eigenvalue weighted by Crippen LogP contribution is 2.28. The summed E-state index contributed by atoms with van der Waals surface area (Å²) in [5.41, 5.74) is 4.31. The zero-order valence-electron chi connectivity index (χ0n) is 8.67. The third kappa shape index (κ3) is 1.55. The molecule has 1 atom stereocenters. The molecule has 1 aliphatic heterocycles. The number of hydrogen-bond donors (Lipinski definition) is 0. The van der Waals surface area contributed by atoms with Gasteiger partial charge in [-0.15, -0.1) is 0 Å². The largest absolute Gasteiger partial charge is 0.374 e. The highest BCUT2D eigenvalue weighted by Gasteiger charge is 2.18. The highest BCUT2D eigenvalue weighted by molar-refractivity contribution is 5.56. The fourth-order valence-electron chi connectivity index (χ4n) is 2.26. The van der Waals surface area contributed by atoms with Crippen LogP contribution in [0.2, 0.25) is 0 Å². The average molecular weight is 175 g/mol. The summed E-state index contributed by atoms with van der Waals surface area (Å²) < 4.78 is 0. The smallest absolute Gasteiger partial charge is 0.0396 e. The van der Waals surface area contributed by atoms with E-state index in [9.17, 15) is 0 Å². The first-order valence-electron chi connectivity index (χ1n) is 4.97. The van der Waals surface area contributed by atoms with Gasteiger partial charge in [0.15, 0.2) is 0 Å². The number of anilines is 1. The summed E-state index contributed by atoms with van der Waals surface area (Å²) in [4.78, 5) is 2.36. The second-order valence-corrected chi connectivity index (χ2v) is 4.32. The maximum atomic E-state index is 2.36. The van der Waals surface area contributed by atoms with Gasteiger partial charge in [-0.3, -0.25) is 0 Å². The summed E-state index contributed by atoms with van der Waals surface area (Å²) in [6.07, 6.45) is 1.24. The molecule has 0 saturated heterocycles. The zero-order chi connectivity index (χ0) is 9.42. The first-order valence-corrected chi connectivity index (χ1v) is 4.97. The molecule has 1 aliphatic rings. The molecule has 0 aromatic heterocycles. The minimum Gasteiger partial charge on any atom is -0.374 e. The molecule has 70 valence electrons. The Balaban J connectivity index is 2.43. The summed E-state index contributed by atoms with van der Waals surface area (Å²) in [7, 11) is 2.18. The summed E-state index contributed by atoms with van der Waals surface area (Å²) in [6, 6.07) is 6.77. The fraction of sp³-hybridized carbons (Fsp3) is 0.500. The third-order valence-electron chi connectivity index (χ3n) is 2.80. The Morgan fingerprint density at radius 3 is 2.92 bits per heavy atom. The number of hydrogen-bond acceptors (Lipinski definition) is 1. The molecule has 0 spiro atoms. The van der Waals surface area contributed by atoms with Gasteiger partial charge >= 0.3 is 0 Å². The molecule has 0 amide bonds. The molecule has 0 N–H and O–H groups in total. The van der Waals surface area contributed by atoms with Crippen molar-refractivity contribution < 1.29 is 0 Å². The summed E-state index contributed by atoms with van der Waals surface area (Å²) in [5.74, 6) is 0.791. The van der Waals surface area contributed by atoms with Crippen molar-refractivity contribution in [2.24, 2.45) is 5.92 Å². The van der Waals surface area contributed by atoms with Gasteiger partial charge in [0, 0.05) is 19.3 Å². The summed E-state index contributed by atoms with van der Waals surface area (Å²) in [5, 5.41) is 0. The molecule has 0 saturated carbocycles. The first-order chi connectivity index (χ1) is 6.16. The maximum Gasteiger partial charge on any atom is 0.0396 e. The molecule has 0 aliphatic carbocycles. The second-order valence-electron chi connectivity index (χ2n) is 4.32. The van der Waals surface area contributed by atoms with Gasteiger partial charge in [0.1, 0.15) is 0 Å². The van der Waals surface area contributed by atoms with Crippen LogP contribution in [0.4, 0.5) is 5.69 Å². The number of aryl methyl sites for hydroxylation is 1. The lowest BCUT2D eigenvalue weighted by Gasteiger charge is -2.31. The highest BCUT2D eigenvalue weighted by atomic mass is 15.1. The van der Waals surface area contributed by atoms with Crippen molar-refractivity contribution in [3.8, 4) is 0 Å².